The van der Waals surface area contributed by atoms with Crippen molar-refractivity contribution >= 4 is 0 Å². The van der Waals surface area contributed by atoms with Gasteiger partial charge in [0.25, 0.3) is 0 Å². The van der Waals surface area contributed by atoms with Crippen molar-refractivity contribution in [2.24, 2.45) is 0 Å². The van der Waals surface area contributed by atoms with E-state index < -0.39 is 6.10 Å². The predicted octanol–water partition coefficient (Wildman–Crippen LogP) is 4.85. The standard InChI is InChI=1S/C19H23FO2/c1-12(21)13-6-8-15(17(10-13)19(2,3)4)16-11-14(22-5)7-9-18(16)20/h6-12,21H,1-5H3. The maximum absolute atomic E-state index is 14.3. The molecule has 0 aromatic heterocycles. The fourth-order valence-corrected chi connectivity index (χ4v) is 2.51. The van der Waals surface area contributed by atoms with E-state index in [-0.39, 0.29) is 11.2 Å². The van der Waals surface area contributed by atoms with Crippen LogP contribution in [-0.2, 0) is 5.41 Å². The van der Waals surface area contributed by atoms with Crippen molar-refractivity contribution in [2.45, 2.75) is 39.2 Å². The Bertz CT molecular complexity index is 670. The van der Waals surface area contributed by atoms with Crippen molar-refractivity contribution in [3.05, 3.63) is 53.3 Å². The van der Waals surface area contributed by atoms with Crippen LogP contribution in [0.1, 0.15) is 44.9 Å². The lowest BCUT2D eigenvalue weighted by molar-refractivity contribution is 0.199. The monoisotopic (exact) mass is 302 g/mol. The molecule has 0 spiro atoms. The molecule has 1 N–H and O–H groups in total. The van der Waals surface area contributed by atoms with Gasteiger partial charge in [0.05, 0.1) is 13.2 Å². The van der Waals surface area contributed by atoms with Crippen LogP contribution in [-0.4, -0.2) is 12.2 Å². The van der Waals surface area contributed by atoms with E-state index in [9.17, 15) is 9.50 Å². The second-order valence-corrected chi connectivity index (χ2v) is 6.58. The first-order valence-corrected chi connectivity index (χ1v) is 7.40. The summed E-state index contributed by atoms with van der Waals surface area (Å²) in [6, 6.07) is 10.4. The third-order valence-corrected chi connectivity index (χ3v) is 3.80. The molecule has 0 amide bonds. The first-order valence-electron chi connectivity index (χ1n) is 7.40. The van der Waals surface area contributed by atoms with Gasteiger partial charge in [0, 0.05) is 5.56 Å². The lowest BCUT2D eigenvalue weighted by atomic mass is 9.80. The van der Waals surface area contributed by atoms with Crippen LogP contribution in [0.2, 0.25) is 0 Å². The largest absolute Gasteiger partial charge is 0.497 e. The highest BCUT2D eigenvalue weighted by molar-refractivity contribution is 5.71. The summed E-state index contributed by atoms with van der Waals surface area (Å²) in [4.78, 5) is 0. The summed E-state index contributed by atoms with van der Waals surface area (Å²) in [7, 11) is 1.57. The van der Waals surface area contributed by atoms with E-state index in [1.54, 1.807) is 26.2 Å². The fourth-order valence-electron chi connectivity index (χ4n) is 2.51. The van der Waals surface area contributed by atoms with Gasteiger partial charge in [0.15, 0.2) is 0 Å². The van der Waals surface area contributed by atoms with Gasteiger partial charge in [0.2, 0.25) is 0 Å². The molecular weight excluding hydrogens is 279 g/mol. The minimum absolute atomic E-state index is 0.171. The van der Waals surface area contributed by atoms with Gasteiger partial charge < -0.3 is 9.84 Å². The Labute approximate surface area is 131 Å². The molecule has 1 unspecified atom stereocenters. The van der Waals surface area contributed by atoms with E-state index in [1.165, 1.54) is 6.07 Å². The molecule has 0 bridgehead atoms. The van der Waals surface area contributed by atoms with Gasteiger partial charge in [-0.15, -0.1) is 0 Å². The van der Waals surface area contributed by atoms with E-state index in [2.05, 4.69) is 20.8 Å². The number of aliphatic hydroxyl groups excluding tert-OH is 1. The van der Waals surface area contributed by atoms with Gasteiger partial charge >= 0.3 is 0 Å². The summed E-state index contributed by atoms with van der Waals surface area (Å²) in [5.74, 6) is 0.340. The number of halogens is 1. The van der Waals surface area contributed by atoms with Crippen molar-refractivity contribution in [2.75, 3.05) is 7.11 Å². The number of ether oxygens (including phenoxy) is 1. The highest BCUT2D eigenvalue weighted by Gasteiger charge is 2.22. The summed E-state index contributed by atoms with van der Waals surface area (Å²) in [6.07, 6.45) is -0.551. The molecule has 0 aliphatic rings. The Morgan fingerprint density at radius 1 is 1.05 bits per heavy atom. The predicted molar refractivity (Wildman–Crippen MR) is 87.7 cm³/mol. The van der Waals surface area contributed by atoms with E-state index >= 15 is 0 Å². The molecule has 0 saturated heterocycles. The van der Waals surface area contributed by atoms with Crippen LogP contribution in [0.25, 0.3) is 11.1 Å². The fraction of sp³-hybridized carbons (Fsp3) is 0.368. The molecule has 2 aromatic rings. The molecule has 0 radical (unpaired) electrons. The van der Waals surface area contributed by atoms with Crippen LogP contribution in [0, 0.1) is 5.82 Å². The van der Waals surface area contributed by atoms with E-state index in [4.69, 9.17) is 4.74 Å². The molecule has 3 heteroatoms. The molecule has 2 nitrogen and oxygen atoms in total. The Morgan fingerprint density at radius 2 is 1.73 bits per heavy atom. The zero-order valence-electron chi connectivity index (χ0n) is 13.8. The molecule has 0 fully saturated rings. The molecule has 0 aliphatic heterocycles. The molecular formula is C19H23FO2. The maximum Gasteiger partial charge on any atom is 0.131 e. The van der Waals surface area contributed by atoms with Crippen molar-refractivity contribution < 1.29 is 14.2 Å². The van der Waals surface area contributed by atoms with Crippen molar-refractivity contribution in [1.82, 2.24) is 0 Å². The number of hydrogen-bond donors (Lipinski definition) is 1. The van der Waals surface area contributed by atoms with E-state index in [0.29, 0.717) is 11.3 Å². The van der Waals surface area contributed by atoms with Gasteiger partial charge in [-0.05, 0) is 47.2 Å². The molecule has 2 aromatic carbocycles. The highest BCUT2D eigenvalue weighted by Crippen LogP contribution is 2.37. The van der Waals surface area contributed by atoms with Crippen LogP contribution in [0.3, 0.4) is 0 Å². The Kier molecular flexibility index (Phi) is 4.57. The normalized spacial score (nSPS) is 13.0. The molecule has 2 rings (SSSR count). The SMILES string of the molecule is COc1ccc(F)c(-c2ccc(C(C)O)cc2C(C)(C)C)c1. The number of rotatable bonds is 3. The number of hydrogen-bond acceptors (Lipinski definition) is 2. The maximum atomic E-state index is 14.3. The van der Waals surface area contributed by atoms with Crippen LogP contribution in [0.4, 0.5) is 4.39 Å². The Hall–Kier alpha value is -1.87. The molecule has 0 heterocycles. The van der Waals surface area contributed by atoms with Gasteiger partial charge in [-0.2, -0.15) is 0 Å². The molecule has 0 saturated carbocycles. The van der Waals surface area contributed by atoms with Gasteiger partial charge in [-0.3, -0.25) is 0 Å². The van der Waals surface area contributed by atoms with Crippen molar-refractivity contribution in [3.8, 4) is 16.9 Å². The minimum atomic E-state index is -0.551. The summed E-state index contributed by atoms with van der Waals surface area (Å²) in [5.41, 5.74) is 3.00. The van der Waals surface area contributed by atoms with E-state index in [0.717, 1.165) is 16.7 Å². The topological polar surface area (TPSA) is 29.5 Å². The van der Waals surface area contributed by atoms with Crippen LogP contribution in [0.5, 0.6) is 5.75 Å². The number of benzene rings is 2. The minimum Gasteiger partial charge on any atom is -0.497 e. The summed E-state index contributed by atoms with van der Waals surface area (Å²) < 4.78 is 19.5. The quantitative estimate of drug-likeness (QED) is 0.878. The molecule has 0 aliphatic carbocycles. The third-order valence-electron chi connectivity index (χ3n) is 3.80. The third kappa shape index (κ3) is 3.30. The molecule has 1 atom stereocenters. The Morgan fingerprint density at radius 3 is 2.27 bits per heavy atom. The lowest BCUT2D eigenvalue weighted by Gasteiger charge is -2.25. The molecule has 118 valence electrons. The van der Waals surface area contributed by atoms with Crippen LogP contribution >= 0.6 is 0 Å². The summed E-state index contributed by atoms with van der Waals surface area (Å²) in [5, 5.41) is 9.82. The second-order valence-electron chi connectivity index (χ2n) is 6.58. The number of aliphatic hydroxyl groups is 1. The average molecular weight is 302 g/mol. The van der Waals surface area contributed by atoms with Crippen LogP contribution in [0.15, 0.2) is 36.4 Å². The summed E-state index contributed by atoms with van der Waals surface area (Å²) >= 11 is 0. The second kappa shape index (κ2) is 6.09. The first-order chi connectivity index (χ1) is 10.2. The smallest absolute Gasteiger partial charge is 0.131 e. The summed E-state index contributed by atoms with van der Waals surface area (Å²) in [6.45, 7) is 7.97. The van der Waals surface area contributed by atoms with Crippen molar-refractivity contribution in [3.63, 3.8) is 0 Å². The van der Waals surface area contributed by atoms with Crippen molar-refractivity contribution in [1.29, 1.82) is 0 Å². The van der Waals surface area contributed by atoms with Crippen LogP contribution < -0.4 is 4.74 Å². The van der Waals surface area contributed by atoms with Gasteiger partial charge in [-0.1, -0.05) is 39.0 Å². The molecule has 22 heavy (non-hydrogen) atoms. The zero-order valence-corrected chi connectivity index (χ0v) is 13.8. The Balaban J connectivity index is 2.70. The highest BCUT2D eigenvalue weighted by atomic mass is 19.1. The average Bonchev–Trinajstić information content (AvgIpc) is 2.46. The van der Waals surface area contributed by atoms with Gasteiger partial charge in [0.1, 0.15) is 11.6 Å². The lowest BCUT2D eigenvalue weighted by Crippen LogP contribution is -2.14. The van der Waals surface area contributed by atoms with Gasteiger partial charge in [-0.25, -0.2) is 4.39 Å². The number of methoxy groups -OCH3 is 1. The first kappa shape index (κ1) is 16.5. The zero-order chi connectivity index (χ0) is 16.5. The van der Waals surface area contributed by atoms with E-state index in [1.807, 2.05) is 18.2 Å².